The summed E-state index contributed by atoms with van der Waals surface area (Å²) in [5, 5.41) is 8.85. The number of carboxylic acids is 1. The number of nitrogens with zero attached hydrogens (tertiary/aromatic N) is 2. The van der Waals surface area contributed by atoms with E-state index in [4.69, 9.17) is 9.84 Å². The average Bonchev–Trinajstić information content (AvgIpc) is 2.55. The lowest BCUT2D eigenvalue weighted by Gasteiger charge is -2.11. The van der Waals surface area contributed by atoms with Crippen molar-refractivity contribution in [2.45, 2.75) is 6.92 Å². The molecule has 0 aliphatic rings. The summed E-state index contributed by atoms with van der Waals surface area (Å²) in [7, 11) is 4.01. The predicted octanol–water partition coefficient (Wildman–Crippen LogP) is 3.18. The molecule has 0 bridgehead atoms. The molecule has 0 saturated heterocycles. The Morgan fingerprint density at radius 3 is 2.54 bits per heavy atom. The highest BCUT2D eigenvalue weighted by atomic mass is 16.5. The number of benzene rings is 1. The van der Waals surface area contributed by atoms with Crippen molar-refractivity contribution in [2.75, 3.05) is 27.2 Å². The standard InChI is InChI=1S/C19H22N2O3/c1-14(10-19(22)23)16-11-17(13-20-12-16)15-4-6-18(7-5-15)24-9-8-21(2)3/h4-7,10-13H,8-9H2,1-3H3,(H,22,23)/b14-10+. The highest BCUT2D eigenvalue weighted by Gasteiger charge is 2.04. The first-order valence-corrected chi connectivity index (χ1v) is 7.70. The molecule has 0 aliphatic carbocycles. The van der Waals surface area contributed by atoms with Gasteiger partial charge in [-0.2, -0.15) is 0 Å². The van der Waals surface area contributed by atoms with E-state index in [0.717, 1.165) is 29.0 Å². The first-order chi connectivity index (χ1) is 11.5. The fourth-order valence-corrected chi connectivity index (χ4v) is 2.17. The van der Waals surface area contributed by atoms with Gasteiger partial charge >= 0.3 is 5.97 Å². The Morgan fingerprint density at radius 2 is 1.92 bits per heavy atom. The van der Waals surface area contributed by atoms with Gasteiger partial charge in [0.15, 0.2) is 0 Å². The molecule has 0 atom stereocenters. The molecule has 126 valence electrons. The van der Waals surface area contributed by atoms with E-state index in [1.807, 2.05) is 44.4 Å². The third-order valence-electron chi connectivity index (χ3n) is 3.53. The Balaban J connectivity index is 2.13. The van der Waals surface area contributed by atoms with Crippen molar-refractivity contribution in [1.29, 1.82) is 0 Å². The first-order valence-electron chi connectivity index (χ1n) is 7.70. The highest BCUT2D eigenvalue weighted by molar-refractivity contribution is 5.89. The molecule has 5 nitrogen and oxygen atoms in total. The molecule has 1 N–H and O–H groups in total. The molecular formula is C19H22N2O3. The summed E-state index contributed by atoms with van der Waals surface area (Å²) in [5.41, 5.74) is 3.40. The van der Waals surface area contributed by atoms with E-state index in [1.54, 1.807) is 19.3 Å². The molecule has 1 heterocycles. The van der Waals surface area contributed by atoms with Crippen LogP contribution in [0, 0.1) is 0 Å². The number of carboxylic acid groups (broad SMARTS) is 1. The van der Waals surface area contributed by atoms with Crippen LogP contribution in [0.15, 0.2) is 48.8 Å². The van der Waals surface area contributed by atoms with Gasteiger partial charge in [0.1, 0.15) is 12.4 Å². The van der Waals surface area contributed by atoms with Crippen LogP contribution in [-0.2, 0) is 4.79 Å². The van der Waals surface area contributed by atoms with E-state index in [0.29, 0.717) is 12.2 Å². The molecule has 0 amide bonds. The Labute approximate surface area is 142 Å². The van der Waals surface area contributed by atoms with Crippen LogP contribution in [0.5, 0.6) is 5.75 Å². The Morgan fingerprint density at radius 1 is 1.21 bits per heavy atom. The third kappa shape index (κ3) is 5.21. The van der Waals surface area contributed by atoms with Crippen LogP contribution >= 0.6 is 0 Å². The van der Waals surface area contributed by atoms with Gasteiger partial charge in [-0.1, -0.05) is 12.1 Å². The maximum absolute atomic E-state index is 10.8. The van der Waals surface area contributed by atoms with E-state index in [9.17, 15) is 4.79 Å². The summed E-state index contributed by atoms with van der Waals surface area (Å²) in [6.45, 7) is 3.27. The lowest BCUT2D eigenvalue weighted by molar-refractivity contribution is -0.131. The molecule has 0 radical (unpaired) electrons. The van der Waals surface area contributed by atoms with Crippen molar-refractivity contribution < 1.29 is 14.6 Å². The van der Waals surface area contributed by atoms with Gasteiger partial charge in [-0.25, -0.2) is 4.79 Å². The zero-order valence-corrected chi connectivity index (χ0v) is 14.2. The summed E-state index contributed by atoms with van der Waals surface area (Å²) in [6.07, 6.45) is 4.61. The zero-order valence-electron chi connectivity index (χ0n) is 14.2. The molecule has 2 aromatic rings. The molecule has 0 unspecified atom stereocenters. The van der Waals surface area contributed by atoms with Crippen LogP contribution < -0.4 is 4.74 Å². The normalized spacial score (nSPS) is 11.6. The van der Waals surface area contributed by atoms with Crippen LogP contribution in [0.25, 0.3) is 16.7 Å². The number of hydrogen-bond acceptors (Lipinski definition) is 4. The molecule has 0 fully saturated rings. The van der Waals surface area contributed by atoms with Gasteiger partial charge in [0.25, 0.3) is 0 Å². The minimum absolute atomic E-state index is 0.641. The Kier molecular flexibility index (Phi) is 6.09. The number of hydrogen-bond donors (Lipinski definition) is 1. The van der Waals surface area contributed by atoms with E-state index in [1.165, 1.54) is 6.08 Å². The second kappa shape index (κ2) is 8.26. The number of aliphatic carboxylic acids is 1. The lowest BCUT2D eigenvalue weighted by atomic mass is 10.0. The molecule has 0 aliphatic heterocycles. The van der Waals surface area contributed by atoms with Gasteiger partial charge in [-0.3, -0.25) is 4.98 Å². The summed E-state index contributed by atoms with van der Waals surface area (Å²) in [5.74, 6) is -0.135. The summed E-state index contributed by atoms with van der Waals surface area (Å²) in [6, 6.07) is 9.74. The van der Waals surface area contributed by atoms with Gasteiger partial charge in [0.05, 0.1) is 0 Å². The molecule has 1 aromatic carbocycles. The van der Waals surface area contributed by atoms with E-state index in [2.05, 4.69) is 9.88 Å². The SMILES string of the molecule is C/C(=C\C(=O)O)c1cncc(-c2ccc(OCCN(C)C)cc2)c1. The van der Waals surface area contributed by atoms with E-state index in [-0.39, 0.29) is 0 Å². The van der Waals surface area contributed by atoms with Crippen molar-refractivity contribution in [1.82, 2.24) is 9.88 Å². The van der Waals surface area contributed by atoms with Gasteiger partial charge < -0.3 is 14.7 Å². The maximum atomic E-state index is 10.8. The summed E-state index contributed by atoms with van der Waals surface area (Å²) in [4.78, 5) is 17.1. The topological polar surface area (TPSA) is 62.7 Å². The molecule has 0 spiro atoms. The molecule has 1 aromatic heterocycles. The smallest absolute Gasteiger partial charge is 0.328 e. The van der Waals surface area contributed by atoms with Crippen molar-refractivity contribution in [3.63, 3.8) is 0 Å². The van der Waals surface area contributed by atoms with E-state index < -0.39 is 5.97 Å². The van der Waals surface area contributed by atoms with Crippen LogP contribution in [-0.4, -0.2) is 48.2 Å². The van der Waals surface area contributed by atoms with Crippen molar-refractivity contribution in [3.05, 3.63) is 54.4 Å². The Bertz CT molecular complexity index is 722. The van der Waals surface area contributed by atoms with E-state index >= 15 is 0 Å². The minimum atomic E-state index is -0.961. The fourth-order valence-electron chi connectivity index (χ4n) is 2.17. The number of likely N-dealkylation sites (N-methyl/N-ethyl adjacent to an activating group) is 1. The Hall–Kier alpha value is -2.66. The number of aromatic nitrogens is 1. The molecule has 5 heteroatoms. The van der Waals surface area contributed by atoms with Gasteiger partial charge in [0, 0.05) is 30.6 Å². The second-order valence-corrected chi connectivity index (χ2v) is 5.80. The minimum Gasteiger partial charge on any atom is -0.492 e. The van der Waals surface area contributed by atoms with Gasteiger partial charge in [0.2, 0.25) is 0 Å². The maximum Gasteiger partial charge on any atom is 0.328 e. The molecule has 0 saturated carbocycles. The quantitative estimate of drug-likeness (QED) is 0.792. The first kappa shape index (κ1) is 17.7. The fraction of sp³-hybridized carbons (Fsp3) is 0.263. The zero-order chi connectivity index (χ0) is 17.5. The molecule has 2 rings (SSSR count). The van der Waals surface area contributed by atoms with Crippen molar-refractivity contribution >= 4 is 11.5 Å². The number of pyridine rings is 1. The average molecular weight is 326 g/mol. The third-order valence-corrected chi connectivity index (χ3v) is 3.53. The largest absolute Gasteiger partial charge is 0.492 e. The number of rotatable bonds is 7. The molecular weight excluding hydrogens is 304 g/mol. The number of ether oxygens (including phenoxy) is 1. The summed E-state index contributed by atoms with van der Waals surface area (Å²) < 4.78 is 5.68. The lowest BCUT2D eigenvalue weighted by Crippen LogP contribution is -2.19. The number of carbonyl (C=O) groups is 1. The van der Waals surface area contributed by atoms with Crippen molar-refractivity contribution in [2.24, 2.45) is 0 Å². The van der Waals surface area contributed by atoms with Crippen LogP contribution in [0.2, 0.25) is 0 Å². The van der Waals surface area contributed by atoms with Crippen LogP contribution in [0.1, 0.15) is 12.5 Å². The van der Waals surface area contributed by atoms with Crippen LogP contribution in [0.4, 0.5) is 0 Å². The number of allylic oxidation sites excluding steroid dienone is 1. The van der Waals surface area contributed by atoms with Gasteiger partial charge in [-0.05, 0) is 55.9 Å². The van der Waals surface area contributed by atoms with Gasteiger partial charge in [-0.15, -0.1) is 0 Å². The van der Waals surface area contributed by atoms with Crippen LogP contribution in [0.3, 0.4) is 0 Å². The highest BCUT2D eigenvalue weighted by Crippen LogP contribution is 2.24. The monoisotopic (exact) mass is 326 g/mol. The molecule has 24 heavy (non-hydrogen) atoms. The summed E-state index contributed by atoms with van der Waals surface area (Å²) >= 11 is 0. The second-order valence-electron chi connectivity index (χ2n) is 5.80. The predicted molar refractivity (Wildman–Crippen MR) is 95.0 cm³/mol. The van der Waals surface area contributed by atoms with Crippen molar-refractivity contribution in [3.8, 4) is 16.9 Å².